The molecule has 188 valence electrons. The average molecular weight is 498 g/mol. The lowest BCUT2D eigenvalue weighted by Gasteiger charge is -2.11. The zero-order chi connectivity index (χ0) is 26.0. The van der Waals surface area contributed by atoms with Crippen molar-refractivity contribution in [1.29, 1.82) is 0 Å². The normalized spacial score (nSPS) is 10.8. The third-order valence-corrected chi connectivity index (χ3v) is 5.52. The molecule has 8 nitrogen and oxygen atoms in total. The highest BCUT2D eigenvalue weighted by atomic mass is 16.5. The van der Waals surface area contributed by atoms with Gasteiger partial charge in [-0.05, 0) is 47.5 Å². The number of anilines is 1. The van der Waals surface area contributed by atoms with Gasteiger partial charge in [-0.2, -0.15) is 5.10 Å². The van der Waals surface area contributed by atoms with Crippen LogP contribution in [0.4, 0.5) is 5.69 Å². The van der Waals surface area contributed by atoms with Crippen molar-refractivity contribution >= 4 is 23.6 Å². The first kappa shape index (κ1) is 25.2. The maximum absolute atomic E-state index is 12.5. The van der Waals surface area contributed by atoms with Gasteiger partial charge in [-0.3, -0.25) is 9.48 Å². The van der Waals surface area contributed by atoms with Crippen LogP contribution in [0.1, 0.15) is 27.0 Å². The summed E-state index contributed by atoms with van der Waals surface area (Å²) in [6.07, 6.45) is 6.43. The molecule has 0 bridgehead atoms. The Morgan fingerprint density at radius 3 is 2.54 bits per heavy atom. The monoisotopic (exact) mass is 497 g/mol. The van der Waals surface area contributed by atoms with E-state index in [1.807, 2.05) is 60.7 Å². The van der Waals surface area contributed by atoms with Crippen LogP contribution >= 0.6 is 0 Å². The summed E-state index contributed by atoms with van der Waals surface area (Å²) >= 11 is 0. The highest BCUT2D eigenvalue weighted by Crippen LogP contribution is 2.23. The van der Waals surface area contributed by atoms with E-state index in [1.54, 1.807) is 42.4 Å². The lowest BCUT2D eigenvalue weighted by Crippen LogP contribution is -2.09. The smallest absolute Gasteiger partial charge is 0.338 e. The van der Waals surface area contributed by atoms with Crippen molar-refractivity contribution < 1.29 is 23.8 Å². The van der Waals surface area contributed by atoms with Gasteiger partial charge in [0, 0.05) is 17.8 Å². The number of hydrogen-bond donors (Lipinski definition) is 1. The zero-order valence-corrected chi connectivity index (χ0v) is 20.6. The summed E-state index contributed by atoms with van der Waals surface area (Å²) in [6, 6.07) is 22.3. The third kappa shape index (κ3) is 6.85. The fourth-order valence-electron chi connectivity index (χ4n) is 3.71. The SMILES string of the molecule is COC(=O)c1ccccc1Cn1cc(NC(=O)/C=C/c2ccc(OC)c(COc3ccccc3)c2)cn1. The minimum absolute atomic E-state index is 0.299. The fraction of sp³-hybridized carbons (Fsp3) is 0.138. The predicted molar refractivity (Wildman–Crippen MR) is 141 cm³/mol. The first-order valence-electron chi connectivity index (χ1n) is 11.6. The molecule has 1 aromatic heterocycles. The standard InChI is InChI=1S/C29H27N3O5/c1-35-27-14-12-21(16-23(27)20-37-25-9-4-3-5-10-25)13-15-28(33)31-24-17-30-32(19-24)18-22-8-6-7-11-26(22)29(34)36-2/h3-17,19H,18,20H2,1-2H3,(H,31,33)/b15-13+. The van der Waals surface area contributed by atoms with E-state index >= 15 is 0 Å². The molecule has 0 radical (unpaired) electrons. The van der Waals surface area contributed by atoms with Crippen molar-refractivity contribution in [3.8, 4) is 11.5 Å². The van der Waals surface area contributed by atoms with Crippen molar-refractivity contribution in [2.75, 3.05) is 19.5 Å². The molecule has 8 heteroatoms. The van der Waals surface area contributed by atoms with Gasteiger partial charge in [-0.25, -0.2) is 4.79 Å². The van der Waals surface area contributed by atoms with Crippen LogP contribution in [0, 0.1) is 0 Å². The van der Waals surface area contributed by atoms with Crippen LogP contribution in [0.2, 0.25) is 0 Å². The van der Waals surface area contributed by atoms with E-state index in [1.165, 1.54) is 13.2 Å². The lowest BCUT2D eigenvalue weighted by molar-refractivity contribution is -0.111. The first-order chi connectivity index (χ1) is 18.1. The van der Waals surface area contributed by atoms with Gasteiger partial charge in [0.15, 0.2) is 0 Å². The van der Waals surface area contributed by atoms with Crippen LogP contribution in [0.25, 0.3) is 6.08 Å². The molecule has 1 heterocycles. The molecule has 1 N–H and O–H groups in total. The van der Waals surface area contributed by atoms with Crippen LogP contribution in [0.15, 0.2) is 91.3 Å². The Morgan fingerprint density at radius 1 is 0.973 bits per heavy atom. The van der Waals surface area contributed by atoms with Gasteiger partial charge in [0.25, 0.3) is 0 Å². The average Bonchev–Trinajstić information content (AvgIpc) is 3.37. The molecular weight excluding hydrogens is 470 g/mol. The number of para-hydroxylation sites is 1. The maximum atomic E-state index is 12.5. The number of carbonyl (C=O) groups is 2. The minimum atomic E-state index is -0.408. The number of nitrogens with one attached hydrogen (secondary N) is 1. The molecule has 0 spiro atoms. The molecule has 4 aromatic rings. The molecule has 0 aliphatic heterocycles. The third-order valence-electron chi connectivity index (χ3n) is 5.52. The molecule has 1 amide bonds. The molecule has 0 saturated carbocycles. The topological polar surface area (TPSA) is 91.7 Å². The molecule has 0 aliphatic rings. The van der Waals surface area contributed by atoms with E-state index in [9.17, 15) is 9.59 Å². The van der Waals surface area contributed by atoms with Crippen molar-refractivity contribution in [1.82, 2.24) is 9.78 Å². The van der Waals surface area contributed by atoms with Crippen LogP contribution < -0.4 is 14.8 Å². The number of rotatable bonds is 10. The molecule has 4 rings (SSSR count). The van der Waals surface area contributed by atoms with E-state index in [0.29, 0.717) is 30.2 Å². The second kappa shape index (κ2) is 12.2. The van der Waals surface area contributed by atoms with Crippen LogP contribution in [0.5, 0.6) is 11.5 Å². The fourth-order valence-corrected chi connectivity index (χ4v) is 3.71. The summed E-state index contributed by atoms with van der Waals surface area (Å²) in [7, 11) is 2.96. The lowest BCUT2D eigenvalue weighted by atomic mass is 10.1. The quantitative estimate of drug-likeness (QED) is 0.246. The van der Waals surface area contributed by atoms with Gasteiger partial charge in [-0.1, -0.05) is 42.5 Å². The van der Waals surface area contributed by atoms with Crippen molar-refractivity contribution in [2.45, 2.75) is 13.2 Å². The summed E-state index contributed by atoms with van der Waals surface area (Å²) in [6.45, 7) is 0.690. The van der Waals surface area contributed by atoms with Crippen LogP contribution in [-0.4, -0.2) is 35.9 Å². The minimum Gasteiger partial charge on any atom is -0.496 e. The second-order valence-corrected chi connectivity index (χ2v) is 8.07. The van der Waals surface area contributed by atoms with Crippen LogP contribution in [0.3, 0.4) is 0 Å². The van der Waals surface area contributed by atoms with Gasteiger partial charge < -0.3 is 19.5 Å². The van der Waals surface area contributed by atoms with Crippen molar-refractivity contribution in [3.63, 3.8) is 0 Å². The Labute approximate surface area is 215 Å². The summed E-state index contributed by atoms with van der Waals surface area (Å²) in [5.41, 5.74) is 3.47. The molecule has 0 fully saturated rings. The summed E-state index contributed by atoms with van der Waals surface area (Å²) in [5.74, 6) is 0.764. The second-order valence-electron chi connectivity index (χ2n) is 8.07. The van der Waals surface area contributed by atoms with E-state index in [-0.39, 0.29) is 5.91 Å². The van der Waals surface area contributed by atoms with Crippen molar-refractivity contribution in [2.24, 2.45) is 0 Å². The number of hydrogen-bond acceptors (Lipinski definition) is 6. The Kier molecular flexibility index (Phi) is 8.33. The molecule has 3 aromatic carbocycles. The van der Waals surface area contributed by atoms with E-state index in [4.69, 9.17) is 14.2 Å². The summed E-state index contributed by atoms with van der Waals surface area (Å²) in [5, 5.41) is 7.08. The largest absolute Gasteiger partial charge is 0.496 e. The first-order valence-corrected chi connectivity index (χ1v) is 11.6. The molecular formula is C29H27N3O5. The Bertz CT molecular complexity index is 1400. The highest BCUT2D eigenvalue weighted by molar-refractivity contribution is 6.01. The number of methoxy groups -OCH3 is 2. The van der Waals surface area contributed by atoms with E-state index in [2.05, 4.69) is 10.4 Å². The Balaban J connectivity index is 1.38. The number of amides is 1. The molecule has 37 heavy (non-hydrogen) atoms. The zero-order valence-electron chi connectivity index (χ0n) is 20.6. The summed E-state index contributed by atoms with van der Waals surface area (Å²) < 4.78 is 17.8. The number of benzene rings is 3. The van der Waals surface area contributed by atoms with Gasteiger partial charge in [0.1, 0.15) is 18.1 Å². The van der Waals surface area contributed by atoms with Gasteiger partial charge >= 0.3 is 5.97 Å². The highest BCUT2D eigenvalue weighted by Gasteiger charge is 2.12. The Hall–Kier alpha value is -4.85. The Morgan fingerprint density at radius 2 is 1.76 bits per heavy atom. The number of ether oxygens (including phenoxy) is 3. The number of carbonyl (C=O) groups excluding carboxylic acids is 2. The summed E-state index contributed by atoms with van der Waals surface area (Å²) in [4.78, 5) is 24.5. The molecule has 0 saturated heterocycles. The molecule has 0 unspecified atom stereocenters. The molecule has 0 atom stereocenters. The molecule has 0 aliphatic carbocycles. The van der Waals surface area contributed by atoms with E-state index in [0.717, 1.165) is 22.4 Å². The number of aromatic nitrogens is 2. The van der Waals surface area contributed by atoms with Crippen LogP contribution in [-0.2, 0) is 22.7 Å². The maximum Gasteiger partial charge on any atom is 0.338 e. The van der Waals surface area contributed by atoms with Gasteiger partial charge in [-0.15, -0.1) is 0 Å². The van der Waals surface area contributed by atoms with Gasteiger partial charge in [0.2, 0.25) is 5.91 Å². The van der Waals surface area contributed by atoms with E-state index < -0.39 is 5.97 Å². The predicted octanol–water partition coefficient (Wildman–Crippen LogP) is 4.96. The van der Waals surface area contributed by atoms with Gasteiger partial charge in [0.05, 0.1) is 38.2 Å². The van der Waals surface area contributed by atoms with Crippen molar-refractivity contribution in [3.05, 3.63) is 114 Å². The number of esters is 1. The number of nitrogens with zero attached hydrogens (tertiary/aromatic N) is 2.